The molecular formula is C16H22N2O2. The van der Waals surface area contributed by atoms with Gasteiger partial charge in [-0.05, 0) is 32.3 Å². The Labute approximate surface area is 120 Å². The average Bonchev–Trinajstić information content (AvgIpc) is 2.57. The number of carbonyl (C=O) groups is 2. The fraction of sp³-hybridized carbons (Fsp3) is 0.500. The minimum Gasteiger partial charge on any atom is -0.345 e. The zero-order valence-electron chi connectivity index (χ0n) is 12.1. The summed E-state index contributed by atoms with van der Waals surface area (Å²) in [7, 11) is 0. The number of benzene rings is 1. The van der Waals surface area contributed by atoms with Gasteiger partial charge in [0.25, 0.3) is 0 Å². The van der Waals surface area contributed by atoms with Crippen molar-refractivity contribution in [2.45, 2.75) is 45.2 Å². The van der Waals surface area contributed by atoms with Gasteiger partial charge in [0.05, 0.1) is 0 Å². The van der Waals surface area contributed by atoms with E-state index in [0.717, 1.165) is 12.8 Å². The Morgan fingerprint density at radius 1 is 1.30 bits per heavy atom. The average molecular weight is 274 g/mol. The van der Waals surface area contributed by atoms with Crippen LogP contribution in [-0.2, 0) is 16.0 Å². The molecule has 1 aromatic carbocycles. The van der Waals surface area contributed by atoms with Gasteiger partial charge in [0.2, 0.25) is 11.8 Å². The summed E-state index contributed by atoms with van der Waals surface area (Å²) >= 11 is 0. The van der Waals surface area contributed by atoms with Crippen LogP contribution in [0.5, 0.6) is 0 Å². The van der Waals surface area contributed by atoms with E-state index in [-0.39, 0.29) is 17.9 Å². The summed E-state index contributed by atoms with van der Waals surface area (Å²) in [4.78, 5) is 25.6. The van der Waals surface area contributed by atoms with Crippen molar-refractivity contribution in [1.82, 2.24) is 10.2 Å². The number of nitrogens with zero attached hydrogens (tertiary/aromatic N) is 1. The third-order valence-electron chi connectivity index (χ3n) is 3.84. The molecule has 1 saturated heterocycles. The Kier molecular flexibility index (Phi) is 4.77. The van der Waals surface area contributed by atoms with Crippen molar-refractivity contribution < 1.29 is 9.59 Å². The van der Waals surface area contributed by atoms with Crippen LogP contribution in [0.3, 0.4) is 0 Å². The zero-order valence-corrected chi connectivity index (χ0v) is 12.1. The van der Waals surface area contributed by atoms with Crippen LogP contribution >= 0.6 is 0 Å². The number of hydrogen-bond acceptors (Lipinski definition) is 2. The first kappa shape index (κ1) is 14.6. The highest BCUT2D eigenvalue weighted by molar-refractivity contribution is 5.89. The molecule has 108 valence electrons. The van der Waals surface area contributed by atoms with E-state index < -0.39 is 6.04 Å². The zero-order chi connectivity index (χ0) is 14.5. The van der Waals surface area contributed by atoms with Crippen LogP contribution in [0.25, 0.3) is 0 Å². The van der Waals surface area contributed by atoms with Gasteiger partial charge in [0, 0.05) is 19.0 Å². The molecule has 20 heavy (non-hydrogen) atoms. The fourth-order valence-electron chi connectivity index (χ4n) is 2.57. The lowest BCUT2D eigenvalue weighted by Crippen LogP contribution is -2.46. The molecule has 2 rings (SSSR count). The Morgan fingerprint density at radius 2 is 2.00 bits per heavy atom. The number of aryl methyl sites for hydroxylation is 1. The molecule has 4 heteroatoms. The van der Waals surface area contributed by atoms with E-state index in [1.807, 2.05) is 23.1 Å². The van der Waals surface area contributed by atoms with Gasteiger partial charge in [-0.25, -0.2) is 0 Å². The minimum absolute atomic E-state index is 0.0245. The van der Waals surface area contributed by atoms with Crippen molar-refractivity contribution in [2.75, 3.05) is 6.54 Å². The molecule has 1 aromatic rings. The second-order valence-corrected chi connectivity index (χ2v) is 5.44. The van der Waals surface area contributed by atoms with Gasteiger partial charge >= 0.3 is 0 Å². The first-order chi connectivity index (χ1) is 9.58. The monoisotopic (exact) mass is 274 g/mol. The highest BCUT2D eigenvalue weighted by atomic mass is 16.2. The van der Waals surface area contributed by atoms with Crippen LogP contribution in [0.1, 0.15) is 32.3 Å². The number of carbonyl (C=O) groups excluding carboxylic acids is 2. The van der Waals surface area contributed by atoms with Crippen molar-refractivity contribution in [2.24, 2.45) is 0 Å². The van der Waals surface area contributed by atoms with E-state index >= 15 is 0 Å². The largest absolute Gasteiger partial charge is 0.345 e. The third-order valence-corrected chi connectivity index (χ3v) is 3.84. The summed E-state index contributed by atoms with van der Waals surface area (Å²) < 4.78 is 0. The Bertz CT molecular complexity index is 473. The van der Waals surface area contributed by atoms with Gasteiger partial charge in [0.15, 0.2) is 0 Å². The second-order valence-electron chi connectivity index (χ2n) is 5.44. The van der Waals surface area contributed by atoms with E-state index in [0.29, 0.717) is 13.0 Å². The van der Waals surface area contributed by atoms with Gasteiger partial charge in [0.1, 0.15) is 6.04 Å². The lowest BCUT2D eigenvalue weighted by atomic mass is 10.0. The third kappa shape index (κ3) is 3.59. The molecule has 2 amide bonds. The molecule has 4 nitrogen and oxygen atoms in total. The quantitative estimate of drug-likeness (QED) is 0.909. The fourth-order valence-corrected chi connectivity index (χ4v) is 2.57. The van der Waals surface area contributed by atoms with E-state index in [1.165, 1.54) is 5.56 Å². The van der Waals surface area contributed by atoms with Crippen molar-refractivity contribution in [3.8, 4) is 0 Å². The van der Waals surface area contributed by atoms with E-state index in [4.69, 9.17) is 0 Å². The van der Waals surface area contributed by atoms with Crippen LogP contribution in [0.2, 0.25) is 0 Å². The maximum Gasteiger partial charge on any atom is 0.245 e. The maximum atomic E-state index is 12.3. The van der Waals surface area contributed by atoms with Crippen LogP contribution in [0.4, 0.5) is 0 Å². The molecule has 1 aliphatic rings. The van der Waals surface area contributed by atoms with E-state index in [1.54, 1.807) is 6.92 Å². The van der Waals surface area contributed by atoms with E-state index in [2.05, 4.69) is 24.4 Å². The summed E-state index contributed by atoms with van der Waals surface area (Å²) in [6.07, 6.45) is 2.25. The normalized spacial score (nSPS) is 21.3. The standard InChI is InChI=1S/C16H22N2O2/c1-12(8-9-14-6-4-3-5-7-14)18-11-10-15(19)17-13(2)16(18)20/h3-7,12-13H,8-11H2,1-2H3,(H,17,19). The van der Waals surface area contributed by atoms with Gasteiger partial charge in [-0.1, -0.05) is 30.3 Å². The first-order valence-corrected chi connectivity index (χ1v) is 7.21. The van der Waals surface area contributed by atoms with E-state index in [9.17, 15) is 9.59 Å². The van der Waals surface area contributed by atoms with Crippen LogP contribution in [0.15, 0.2) is 30.3 Å². The number of hydrogen-bond donors (Lipinski definition) is 1. The molecule has 0 saturated carbocycles. The Morgan fingerprint density at radius 3 is 2.70 bits per heavy atom. The molecule has 2 atom stereocenters. The number of rotatable bonds is 4. The number of nitrogens with one attached hydrogen (secondary N) is 1. The van der Waals surface area contributed by atoms with Crippen LogP contribution in [0, 0.1) is 0 Å². The minimum atomic E-state index is -0.413. The highest BCUT2D eigenvalue weighted by Crippen LogP contribution is 2.13. The maximum absolute atomic E-state index is 12.3. The molecule has 2 unspecified atom stereocenters. The summed E-state index contributed by atoms with van der Waals surface area (Å²) in [5.74, 6) is -0.0139. The Hall–Kier alpha value is -1.84. The first-order valence-electron chi connectivity index (χ1n) is 7.21. The summed E-state index contributed by atoms with van der Waals surface area (Å²) in [5, 5.41) is 2.72. The second kappa shape index (κ2) is 6.55. The number of amides is 2. The van der Waals surface area contributed by atoms with Crippen LogP contribution in [-0.4, -0.2) is 35.3 Å². The topological polar surface area (TPSA) is 49.4 Å². The molecule has 0 aliphatic carbocycles. The van der Waals surface area contributed by atoms with Crippen molar-refractivity contribution >= 4 is 11.8 Å². The predicted molar refractivity (Wildman–Crippen MR) is 78.2 cm³/mol. The van der Waals surface area contributed by atoms with Gasteiger partial charge in [-0.3, -0.25) is 9.59 Å². The molecule has 1 aliphatic heterocycles. The molecular weight excluding hydrogens is 252 g/mol. The van der Waals surface area contributed by atoms with Crippen LogP contribution < -0.4 is 5.32 Å². The van der Waals surface area contributed by atoms with Crippen molar-refractivity contribution in [3.05, 3.63) is 35.9 Å². The molecule has 1 heterocycles. The molecule has 1 N–H and O–H groups in total. The molecule has 0 bridgehead atoms. The molecule has 1 fully saturated rings. The highest BCUT2D eigenvalue weighted by Gasteiger charge is 2.29. The summed E-state index contributed by atoms with van der Waals surface area (Å²) in [6.45, 7) is 4.33. The van der Waals surface area contributed by atoms with Crippen molar-refractivity contribution in [3.63, 3.8) is 0 Å². The molecule has 0 spiro atoms. The predicted octanol–water partition coefficient (Wildman–Crippen LogP) is 1.74. The van der Waals surface area contributed by atoms with Gasteiger partial charge < -0.3 is 10.2 Å². The lowest BCUT2D eigenvalue weighted by Gasteiger charge is -2.29. The molecule has 0 radical (unpaired) electrons. The lowest BCUT2D eigenvalue weighted by molar-refractivity contribution is -0.134. The van der Waals surface area contributed by atoms with Crippen molar-refractivity contribution in [1.29, 1.82) is 0 Å². The summed E-state index contributed by atoms with van der Waals surface area (Å²) in [5.41, 5.74) is 1.28. The smallest absolute Gasteiger partial charge is 0.245 e. The Balaban J connectivity index is 1.95. The van der Waals surface area contributed by atoms with Gasteiger partial charge in [-0.15, -0.1) is 0 Å². The van der Waals surface area contributed by atoms with Gasteiger partial charge in [-0.2, -0.15) is 0 Å². The SMILES string of the molecule is CC1NC(=O)CCN(C(C)CCc2ccccc2)C1=O. The summed E-state index contributed by atoms with van der Waals surface area (Å²) in [6, 6.07) is 10.0. The molecule has 0 aromatic heterocycles.